The first kappa shape index (κ1) is 37.1. The Kier molecular flexibility index (Phi) is 31.6. The van der Waals surface area contributed by atoms with Crippen molar-refractivity contribution in [2.75, 3.05) is 19.8 Å². The molecule has 0 amide bonds. The van der Waals surface area contributed by atoms with E-state index in [2.05, 4.69) is 26.0 Å². The zero-order chi connectivity index (χ0) is 27.8. The number of aliphatic hydroxyl groups is 1. The molecule has 38 heavy (non-hydrogen) atoms. The fourth-order valence-electron chi connectivity index (χ4n) is 4.79. The van der Waals surface area contributed by atoms with Gasteiger partial charge in [0.15, 0.2) is 0 Å². The SMILES string of the molecule is CCCCC/C=C\CCCCCCCC(=O)OC(CO)COCCCCCCCCCCCCCCCC. The topological polar surface area (TPSA) is 55.8 Å². The maximum atomic E-state index is 12.1. The number of hydrogen-bond donors (Lipinski definition) is 1. The van der Waals surface area contributed by atoms with Crippen LogP contribution in [0.2, 0.25) is 0 Å². The largest absolute Gasteiger partial charge is 0.457 e. The van der Waals surface area contributed by atoms with Gasteiger partial charge in [0.05, 0.1) is 13.2 Å². The highest BCUT2D eigenvalue weighted by Crippen LogP contribution is 2.13. The summed E-state index contributed by atoms with van der Waals surface area (Å²) < 4.78 is 11.1. The van der Waals surface area contributed by atoms with E-state index in [1.54, 1.807) is 0 Å². The molecule has 0 rings (SSSR count). The highest BCUT2D eigenvalue weighted by atomic mass is 16.6. The summed E-state index contributed by atoms with van der Waals surface area (Å²) in [6.07, 6.45) is 35.2. The quantitative estimate of drug-likeness (QED) is 0.0542. The molecule has 0 spiro atoms. The zero-order valence-corrected chi connectivity index (χ0v) is 25.7. The number of allylic oxidation sites excluding steroid dienone is 2. The van der Waals surface area contributed by atoms with Gasteiger partial charge in [0.2, 0.25) is 0 Å². The average Bonchev–Trinajstić information content (AvgIpc) is 2.92. The van der Waals surface area contributed by atoms with Gasteiger partial charge in [0.25, 0.3) is 0 Å². The van der Waals surface area contributed by atoms with Gasteiger partial charge < -0.3 is 14.6 Å². The summed E-state index contributed by atoms with van der Waals surface area (Å²) in [6, 6.07) is 0. The lowest BCUT2D eigenvalue weighted by molar-refractivity contribution is -0.154. The fourth-order valence-corrected chi connectivity index (χ4v) is 4.79. The lowest BCUT2D eigenvalue weighted by Gasteiger charge is -2.15. The molecule has 0 aliphatic carbocycles. The Balaban J connectivity index is 3.43. The van der Waals surface area contributed by atoms with Crippen molar-refractivity contribution >= 4 is 5.97 Å². The van der Waals surface area contributed by atoms with E-state index >= 15 is 0 Å². The van der Waals surface area contributed by atoms with Crippen LogP contribution in [0.15, 0.2) is 12.2 Å². The molecule has 1 unspecified atom stereocenters. The number of carbonyl (C=O) groups is 1. The Hall–Kier alpha value is -0.870. The van der Waals surface area contributed by atoms with Crippen LogP contribution in [0, 0.1) is 0 Å². The van der Waals surface area contributed by atoms with Crippen LogP contribution in [-0.2, 0) is 14.3 Å². The molecule has 0 aliphatic rings. The predicted octanol–water partition coefficient (Wildman–Crippen LogP) is 10.3. The Morgan fingerprint density at radius 2 is 1.03 bits per heavy atom. The minimum atomic E-state index is -0.529. The van der Waals surface area contributed by atoms with E-state index in [-0.39, 0.29) is 12.6 Å². The Labute approximate surface area is 237 Å². The van der Waals surface area contributed by atoms with E-state index in [1.165, 1.54) is 135 Å². The van der Waals surface area contributed by atoms with E-state index in [4.69, 9.17) is 9.47 Å². The predicted molar refractivity (Wildman–Crippen MR) is 164 cm³/mol. The van der Waals surface area contributed by atoms with Crippen LogP contribution >= 0.6 is 0 Å². The highest BCUT2D eigenvalue weighted by molar-refractivity contribution is 5.69. The molecule has 0 aromatic rings. The summed E-state index contributed by atoms with van der Waals surface area (Å²) in [5, 5.41) is 9.51. The standard InChI is InChI=1S/C34H66O4/c1-3-5-7-9-11-13-15-17-18-20-22-24-26-28-30-37-32-33(31-35)38-34(36)29-27-25-23-21-19-16-14-12-10-8-6-4-2/h12,14,33,35H,3-11,13,15-32H2,1-2H3/b14-12-. The van der Waals surface area contributed by atoms with Crippen LogP contribution < -0.4 is 0 Å². The molecule has 0 bridgehead atoms. The molecule has 0 saturated heterocycles. The number of unbranched alkanes of at least 4 members (excludes halogenated alkanes) is 21. The minimum absolute atomic E-state index is 0.170. The fraction of sp³-hybridized carbons (Fsp3) is 0.912. The summed E-state index contributed by atoms with van der Waals surface area (Å²) in [6.45, 7) is 5.33. The third-order valence-electron chi connectivity index (χ3n) is 7.34. The molecular weight excluding hydrogens is 472 g/mol. The first-order chi connectivity index (χ1) is 18.7. The van der Waals surface area contributed by atoms with Gasteiger partial charge in [-0.1, -0.05) is 142 Å². The average molecular weight is 539 g/mol. The number of esters is 1. The molecule has 1 atom stereocenters. The van der Waals surface area contributed by atoms with E-state index in [0.29, 0.717) is 19.6 Å². The van der Waals surface area contributed by atoms with Gasteiger partial charge in [-0.05, 0) is 38.5 Å². The molecule has 226 valence electrons. The molecule has 0 aromatic heterocycles. The van der Waals surface area contributed by atoms with Gasteiger partial charge in [0, 0.05) is 13.0 Å². The minimum Gasteiger partial charge on any atom is -0.457 e. The first-order valence-corrected chi connectivity index (χ1v) is 16.8. The third kappa shape index (κ3) is 29.7. The molecule has 0 radical (unpaired) electrons. The van der Waals surface area contributed by atoms with Crippen molar-refractivity contribution < 1.29 is 19.4 Å². The number of rotatable bonds is 31. The van der Waals surface area contributed by atoms with E-state index in [1.807, 2.05) is 0 Å². The van der Waals surface area contributed by atoms with Crippen LogP contribution in [0.25, 0.3) is 0 Å². The smallest absolute Gasteiger partial charge is 0.306 e. The monoisotopic (exact) mass is 538 g/mol. The van der Waals surface area contributed by atoms with Crippen molar-refractivity contribution in [3.63, 3.8) is 0 Å². The van der Waals surface area contributed by atoms with Gasteiger partial charge in [0.1, 0.15) is 6.10 Å². The summed E-state index contributed by atoms with van der Waals surface area (Å²) in [5.41, 5.74) is 0. The van der Waals surface area contributed by atoms with E-state index < -0.39 is 6.10 Å². The molecule has 0 aliphatic heterocycles. The second-order valence-corrected chi connectivity index (χ2v) is 11.2. The summed E-state index contributed by atoms with van der Waals surface area (Å²) in [5.74, 6) is -0.209. The molecule has 1 N–H and O–H groups in total. The zero-order valence-electron chi connectivity index (χ0n) is 25.7. The second-order valence-electron chi connectivity index (χ2n) is 11.2. The van der Waals surface area contributed by atoms with Crippen LogP contribution in [0.1, 0.15) is 174 Å². The van der Waals surface area contributed by atoms with Crippen molar-refractivity contribution in [2.45, 2.75) is 180 Å². The molecule has 4 nitrogen and oxygen atoms in total. The summed E-state index contributed by atoms with van der Waals surface area (Å²) >= 11 is 0. The Bertz CT molecular complexity index is 491. The molecule has 4 heteroatoms. The number of carbonyl (C=O) groups excluding carboxylic acids is 1. The maximum absolute atomic E-state index is 12.1. The Morgan fingerprint density at radius 1 is 0.605 bits per heavy atom. The van der Waals surface area contributed by atoms with E-state index in [9.17, 15) is 9.90 Å². The lowest BCUT2D eigenvalue weighted by atomic mass is 10.0. The summed E-state index contributed by atoms with van der Waals surface area (Å²) in [4.78, 5) is 12.1. The van der Waals surface area contributed by atoms with Crippen molar-refractivity contribution in [3.05, 3.63) is 12.2 Å². The van der Waals surface area contributed by atoms with Gasteiger partial charge in [-0.2, -0.15) is 0 Å². The first-order valence-electron chi connectivity index (χ1n) is 16.8. The van der Waals surface area contributed by atoms with Crippen molar-refractivity contribution in [1.82, 2.24) is 0 Å². The number of aliphatic hydroxyl groups excluding tert-OH is 1. The number of hydrogen-bond acceptors (Lipinski definition) is 4. The third-order valence-corrected chi connectivity index (χ3v) is 7.34. The van der Waals surface area contributed by atoms with Crippen LogP contribution in [0.5, 0.6) is 0 Å². The highest BCUT2D eigenvalue weighted by Gasteiger charge is 2.13. The van der Waals surface area contributed by atoms with Crippen LogP contribution in [-0.4, -0.2) is 37.0 Å². The molecule has 0 heterocycles. The maximum Gasteiger partial charge on any atom is 0.306 e. The van der Waals surface area contributed by atoms with Gasteiger partial charge in [-0.3, -0.25) is 4.79 Å². The Morgan fingerprint density at radius 3 is 1.55 bits per heavy atom. The van der Waals surface area contributed by atoms with Gasteiger partial charge in [-0.25, -0.2) is 0 Å². The molecule has 0 fully saturated rings. The van der Waals surface area contributed by atoms with Gasteiger partial charge in [-0.15, -0.1) is 0 Å². The molecular formula is C34H66O4. The normalized spacial score (nSPS) is 12.4. The van der Waals surface area contributed by atoms with Gasteiger partial charge >= 0.3 is 5.97 Å². The van der Waals surface area contributed by atoms with Crippen molar-refractivity contribution in [1.29, 1.82) is 0 Å². The van der Waals surface area contributed by atoms with Crippen molar-refractivity contribution in [3.8, 4) is 0 Å². The van der Waals surface area contributed by atoms with Crippen LogP contribution in [0.3, 0.4) is 0 Å². The summed E-state index contributed by atoms with van der Waals surface area (Å²) in [7, 11) is 0. The number of ether oxygens (including phenoxy) is 2. The second kappa shape index (κ2) is 32.3. The van der Waals surface area contributed by atoms with Crippen molar-refractivity contribution in [2.24, 2.45) is 0 Å². The molecule has 0 saturated carbocycles. The molecule has 0 aromatic carbocycles. The van der Waals surface area contributed by atoms with E-state index in [0.717, 1.165) is 19.3 Å². The lowest BCUT2D eigenvalue weighted by Crippen LogP contribution is -2.27. The van der Waals surface area contributed by atoms with Crippen LogP contribution in [0.4, 0.5) is 0 Å².